The summed E-state index contributed by atoms with van der Waals surface area (Å²) in [5, 5.41) is 13.0. The Morgan fingerprint density at radius 2 is 1.84 bits per heavy atom. The SMILES string of the molecule is COc1cc([C@@H]2C3=C(CCCC3=O)N=C(C)C2C(=O)Nc2ccccc2OC)ccc1O. The number of ether oxygens (including phenoxy) is 2. The number of methoxy groups -OCH3 is 2. The van der Waals surface area contributed by atoms with Gasteiger partial charge in [-0.25, -0.2) is 0 Å². The van der Waals surface area contributed by atoms with E-state index >= 15 is 0 Å². The summed E-state index contributed by atoms with van der Waals surface area (Å²) in [6.45, 7) is 1.82. The van der Waals surface area contributed by atoms with Gasteiger partial charge in [0.05, 0.1) is 25.8 Å². The summed E-state index contributed by atoms with van der Waals surface area (Å²) in [5.74, 6) is -0.668. The van der Waals surface area contributed by atoms with Gasteiger partial charge in [0.15, 0.2) is 17.3 Å². The summed E-state index contributed by atoms with van der Waals surface area (Å²) in [4.78, 5) is 31.3. The first-order valence-corrected chi connectivity index (χ1v) is 10.6. The molecule has 1 aliphatic heterocycles. The zero-order chi connectivity index (χ0) is 22.8. The largest absolute Gasteiger partial charge is 0.504 e. The Morgan fingerprint density at radius 3 is 2.59 bits per heavy atom. The maximum Gasteiger partial charge on any atom is 0.234 e. The van der Waals surface area contributed by atoms with Crippen molar-refractivity contribution in [3.63, 3.8) is 0 Å². The highest BCUT2D eigenvalue weighted by Crippen LogP contribution is 2.45. The minimum Gasteiger partial charge on any atom is -0.504 e. The Morgan fingerprint density at radius 1 is 1.09 bits per heavy atom. The van der Waals surface area contributed by atoms with Crippen molar-refractivity contribution in [3.05, 3.63) is 59.3 Å². The molecule has 1 unspecified atom stereocenters. The quantitative estimate of drug-likeness (QED) is 0.734. The molecule has 0 saturated heterocycles. The van der Waals surface area contributed by atoms with Gasteiger partial charge in [0.1, 0.15) is 5.75 Å². The number of allylic oxidation sites excluding steroid dienone is 2. The van der Waals surface area contributed by atoms with Gasteiger partial charge < -0.3 is 19.9 Å². The van der Waals surface area contributed by atoms with E-state index < -0.39 is 11.8 Å². The van der Waals surface area contributed by atoms with E-state index in [0.29, 0.717) is 35.6 Å². The maximum atomic E-state index is 13.6. The molecule has 0 radical (unpaired) electrons. The van der Waals surface area contributed by atoms with E-state index in [1.165, 1.54) is 13.2 Å². The van der Waals surface area contributed by atoms with Gasteiger partial charge in [-0.2, -0.15) is 0 Å². The molecule has 1 amide bonds. The van der Waals surface area contributed by atoms with E-state index in [1.54, 1.807) is 31.4 Å². The number of amides is 1. The van der Waals surface area contributed by atoms with Gasteiger partial charge in [0.2, 0.25) is 5.91 Å². The number of anilines is 1. The molecular formula is C25H26N2O5. The summed E-state index contributed by atoms with van der Waals surface area (Å²) in [5.41, 5.74) is 3.23. The zero-order valence-corrected chi connectivity index (χ0v) is 18.3. The average molecular weight is 434 g/mol. The van der Waals surface area contributed by atoms with Crippen molar-refractivity contribution < 1.29 is 24.2 Å². The molecule has 2 atom stereocenters. The number of hydrogen-bond donors (Lipinski definition) is 2. The monoisotopic (exact) mass is 434 g/mol. The smallest absolute Gasteiger partial charge is 0.234 e. The van der Waals surface area contributed by atoms with Gasteiger partial charge in [-0.1, -0.05) is 18.2 Å². The van der Waals surface area contributed by atoms with E-state index in [1.807, 2.05) is 19.1 Å². The van der Waals surface area contributed by atoms with Crippen LogP contribution in [0.2, 0.25) is 0 Å². The van der Waals surface area contributed by atoms with Crippen LogP contribution in [0.3, 0.4) is 0 Å². The van der Waals surface area contributed by atoms with Crippen LogP contribution in [0.15, 0.2) is 58.7 Å². The molecule has 2 aliphatic rings. The number of aromatic hydroxyl groups is 1. The van der Waals surface area contributed by atoms with Crippen LogP contribution in [-0.2, 0) is 9.59 Å². The Balaban J connectivity index is 1.81. The third-order valence-electron chi connectivity index (χ3n) is 6.04. The third-order valence-corrected chi connectivity index (χ3v) is 6.04. The lowest BCUT2D eigenvalue weighted by molar-refractivity contribution is -0.119. The topological polar surface area (TPSA) is 97.2 Å². The highest BCUT2D eigenvalue weighted by atomic mass is 16.5. The van der Waals surface area contributed by atoms with Crippen LogP contribution in [0.5, 0.6) is 17.2 Å². The molecule has 2 N–H and O–H groups in total. The second-order valence-corrected chi connectivity index (χ2v) is 7.97. The lowest BCUT2D eigenvalue weighted by Crippen LogP contribution is -2.39. The summed E-state index contributed by atoms with van der Waals surface area (Å²) in [6, 6.07) is 12.1. The van der Waals surface area contributed by atoms with Gasteiger partial charge >= 0.3 is 0 Å². The lowest BCUT2D eigenvalue weighted by Gasteiger charge is -2.35. The Kier molecular flexibility index (Phi) is 5.99. The number of para-hydroxylation sites is 2. The van der Waals surface area contributed by atoms with Gasteiger partial charge in [0, 0.05) is 29.3 Å². The molecule has 7 heteroatoms. The van der Waals surface area contributed by atoms with Gasteiger partial charge in [0.25, 0.3) is 0 Å². The molecular weight excluding hydrogens is 408 g/mol. The average Bonchev–Trinajstić information content (AvgIpc) is 2.79. The van der Waals surface area contributed by atoms with E-state index in [2.05, 4.69) is 10.3 Å². The van der Waals surface area contributed by atoms with Crippen molar-refractivity contribution in [2.75, 3.05) is 19.5 Å². The van der Waals surface area contributed by atoms with Gasteiger partial charge in [-0.3, -0.25) is 14.6 Å². The molecule has 32 heavy (non-hydrogen) atoms. The molecule has 0 aromatic heterocycles. The minimum absolute atomic E-state index is 0.00311. The number of nitrogens with one attached hydrogen (secondary N) is 1. The molecule has 0 bridgehead atoms. The van der Waals surface area contributed by atoms with Crippen LogP contribution in [0.25, 0.3) is 0 Å². The molecule has 0 spiro atoms. The minimum atomic E-state index is -0.699. The second-order valence-electron chi connectivity index (χ2n) is 7.97. The van der Waals surface area contributed by atoms with Crippen LogP contribution < -0.4 is 14.8 Å². The van der Waals surface area contributed by atoms with Crippen molar-refractivity contribution in [2.45, 2.75) is 32.1 Å². The van der Waals surface area contributed by atoms with E-state index in [-0.39, 0.29) is 23.2 Å². The molecule has 0 saturated carbocycles. The molecule has 2 aromatic rings. The van der Waals surface area contributed by atoms with Crippen LogP contribution >= 0.6 is 0 Å². The number of benzene rings is 2. The third kappa shape index (κ3) is 3.86. The number of rotatable bonds is 5. The van der Waals surface area contributed by atoms with Crippen molar-refractivity contribution in [1.82, 2.24) is 0 Å². The fourth-order valence-electron chi connectivity index (χ4n) is 4.55. The van der Waals surface area contributed by atoms with Crippen molar-refractivity contribution in [2.24, 2.45) is 10.9 Å². The summed E-state index contributed by atoms with van der Waals surface area (Å²) >= 11 is 0. The second kappa shape index (κ2) is 8.86. The van der Waals surface area contributed by atoms with Crippen LogP contribution in [-0.4, -0.2) is 36.7 Å². The van der Waals surface area contributed by atoms with Crippen LogP contribution in [0.4, 0.5) is 5.69 Å². The number of nitrogens with zero attached hydrogens (tertiary/aromatic N) is 1. The predicted octanol–water partition coefficient (Wildman–Crippen LogP) is 4.23. The number of phenolic OH excluding ortho intramolecular Hbond substituents is 1. The van der Waals surface area contributed by atoms with Gasteiger partial charge in [-0.05, 0) is 49.6 Å². The summed E-state index contributed by atoms with van der Waals surface area (Å²) in [6.07, 6.45) is 1.88. The van der Waals surface area contributed by atoms with Crippen LogP contribution in [0.1, 0.15) is 37.7 Å². The Bertz CT molecular complexity index is 1130. The highest BCUT2D eigenvalue weighted by Gasteiger charge is 2.42. The first-order valence-electron chi connectivity index (χ1n) is 10.6. The number of carbonyl (C=O) groups is 2. The molecule has 1 heterocycles. The van der Waals surface area contributed by atoms with Crippen molar-refractivity contribution in [3.8, 4) is 17.2 Å². The number of hydrogen-bond acceptors (Lipinski definition) is 6. The zero-order valence-electron chi connectivity index (χ0n) is 18.3. The van der Waals surface area contributed by atoms with Crippen LogP contribution in [0, 0.1) is 5.92 Å². The summed E-state index contributed by atoms with van der Waals surface area (Å²) in [7, 11) is 3.01. The normalized spacial score (nSPS) is 20.3. The number of carbonyl (C=O) groups excluding carboxylic acids is 2. The molecule has 0 fully saturated rings. The first kappa shape index (κ1) is 21.6. The number of ketones is 1. The number of phenols is 1. The van der Waals surface area contributed by atoms with E-state index in [9.17, 15) is 14.7 Å². The lowest BCUT2D eigenvalue weighted by atomic mass is 9.71. The molecule has 4 rings (SSSR count). The predicted molar refractivity (Wildman–Crippen MR) is 122 cm³/mol. The molecule has 166 valence electrons. The van der Waals surface area contributed by atoms with E-state index in [0.717, 1.165) is 17.7 Å². The number of Topliss-reactive ketones (excluding diaryl/α,β-unsaturated/α-hetero) is 1. The van der Waals surface area contributed by atoms with Gasteiger partial charge in [-0.15, -0.1) is 0 Å². The van der Waals surface area contributed by atoms with Crippen molar-refractivity contribution >= 4 is 23.1 Å². The van der Waals surface area contributed by atoms with Crippen molar-refractivity contribution in [1.29, 1.82) is 0 Å². The Labute approximate surface area is 186 Å². The fourth-order valence-corrected chi connectivity index (χ4v) is 4.55. The number of aliphatic imine (C=N–C) groups is 1. The van der Waals surface area contributed by atoms with E-state index in [4.69, 9.17) is 9.47 Å². The standard InChI is InChI=1S/C25H26N2O5/c1-14-22(25(30)27-16-7-4-5-10-20(16)31-2)23(15-11-12-18(28)21(13-15)32-3)24-17(26-14)8-6-9-19(24)29/h4-5,7,10-13,22-23,28H,6,8-9H2,1-3H3,(H,27,30)/t22?,23-/m0/s1. The maximum absolute atomic E-state index is 13.6. The molecule has 2 aromatic carbocycles. The molecule has 7 nitrogen and oxygen atoms in total. The fraction of sp³-hybridized carbons (Fsp3) is 0.320. The Hall–Kier alpha value is -3.61. The highest BCUT2D eigenvalue weighted by molar-refractivity contribution is 6.13. The molecule has 1 aliphatic carbocycles. The summed E-state index contributed by atoms with van der Waals surface area (Å²) < 4.78 is 10.7. The first-order chi connectivity index (χ1) is 15.4.